The lowest BCUT2D eigenvalue weighted by Crippen LogP contribution is -2.24. The highest BCUT2D eigenvalue weighted by Gasteiger charge is 2.13. The Morgan fingerprint density at radius 3 is 2.76 bits per heavy atom. The molecule has 0 atom stereocenters. The molecule has 7 nitrogen and oxygen atoms in total. The Morgan fingerprint density at radius 1 is 1.21 bits per heavy atom. The number of aryl methyl sites for hydroxylation is 2. The molecule has 0 radical (unpaired) electrons. The van der Waals surface area contributed by atoms with Crippen LogP contribution in [0.5, 0.6) is 0 Å². The van der Waals surface area contributed by atoms with Crippen LogP contribution >= 0.6 is 11.6 Å². The van der Waals surface area contributed by atoms with Crippen molar-refractivity contribution in [1.29, 1.82) is 0 Å². The van der Waals surface area contributed by atoms with Crippen LogP contribution in [-0.2, 0) is 27.8 Å². The molecule has 1 N–H and O–H groups in total. The van der Waals surface area contributed by atoms with Gasteiger partial charge in [-0.2, -0.15) is 0 Å². The SMILES string of the molecule is Cc1ccc(Cl)cc1NC(=O)COC(=O)CCc1nc2ccccc2c(=O)n1C. The molecule has 0 bridgehead atoms. The van der Waals surface area contributed by atoms with E-state index in [1.54, 1.807) is 49.5 Å². The number of hydrogen-bond acceptors (Lipinski definition) is 5. The number of nitrogens with zero attached hydrogens (tertiary/aromatic N) is 2. The highest BCUT2D eigenvalue weighted by atomic mass is 35.5. The number of aromatic nitrogens is 2. The van der Waals surface area contributed by atoms with Crippen molar-refractivity contribution in [3.8, 4) is 0 Å². The normalized spacial score (nSPS) is 10.7. The summed E-state index contributed by atoms with van der Waals surface area (Å²) in [5.74, 6) is -0.532. The molecular formula is C21H20ClN3O4. The van der Waals surface area contributed by atoms with Gasteiger partial charge >= 0.3 is 5.97 Å². The third kappa shape index (κ3) is 5.00. The van der Waals surface area contributed by atoms with Crippen molar-refractivity contribution < 1.29 is 14.3 Å². The minimum Gasteiger partial charge on any atom is -0.456 e. The first-order chi connectivity index (χ1) is 13.8. The number of anilines is 1. The number of carbonyl (C=O) groups excluding carboxylic acids is 2. The summed E-state index contributed by atoms with van der Waals surface area (Å²) < 4.78 is 6.45. The van der Waals surface area contributed by atoms with Crippen molar-refractivity contribution in [2.24, 2.45) is 7.05 Å². The van der Waals surface area contributed by atoms with Crippen LogP contribution in [0.1, 0.15) is 17.8 Å². The van der Waals surface area contributed by atoms with Crippen LogP contribution in [0.25, 0.3) is 10.9 Å². The highest BCUT2D eigenvalue weighted by Crippen LogP contribution is 2.20. The molecule has 3 rings (SSSR count). The lowest BCUT2D eigenvalue weighted by molar-refractivity contribution is -0.147. The Hall–Kier alpha value is -3.19. The van der Waals surface area contributed by atoms with Crippen LogP contribution in [0.3, 0.4) is 0 Å². The van der Waals surface area contributed by atoms with Crippen LogP contribution in [0.15, 0.2) is 47.3 Å². The molecule has 29 heavy (non-hydrogen) atoms. The van der Waals surface area contributed by atoms with E-state index in [4.69, 9.17) is 16.3 Å². The number of esters is 1. The van der Waals surface area contributed by atoms with E-state index in [2.05, 4.69) is 10.3 Å². The summed E-state index contributed by atoms with van der Waals surface area (Å²) in [4.78, 5) is 40.8. The van der Waals surface area contributed by atoms with Crippen LogP contribution in [-0.4, -0.2) is 28.0 Å². The number of fused-ring (bicyclic) bond motifs is 1. The number of rotatable bonds is 6. The second kappa shape index (κ2) is 8.87. The minimum atomic E-state index is -0.551. The molecule has 2 aromatic carbocycles. The smallest absolute Gasteiger partial charge is 0.306 e. The summed E-state index contributed by atoms with van der Waals surface area (Å²) in [6, 6.07) is 12.2. The Balaban J connectivity index is 1.56. The Labute approximate surface area is 172 Å². The molecule has 0 fully saturated rings. The summed E-state index contributed by atoms with van der Waals surface area (Å²) in [6.07, 6.45) is 0.229. The van der Waals surface area contributed by atoms with Gasteiger partial charge in [0.2, 0.25) is 0 Å². The van der Waals surface area contributed by atoms with Gasteiger partial charge in [0.1, 0.15) is 5.82 Å². The Morgan fingerprint density at radius 2 is 1.97 bits per heavy atom. The molecule has 0 spiro atoms. The van der Waals surface area contributed by atoms with E-state index in [-0.39, 0.29) is 18.4 Å². The summed E-state index contributed by atoms with van der Waals surface area (Å²) in [6.45, 7) is 1.42. The molecule has 0 aliphatic heterocycles. The highest BCUT2D eigenvalue weighted by molar-refractivity contribution is 6.31. The molecular weight excluding hydrogens is 394 g/mol. The third-order valence-electron chi connectivity index (χ3n) is 4.47. The van der Waals surface area contributed by atoms with Gasteiger partial charge in [-0.3, -0.25) is 19.0 Å². The number of nitrogens with one attached hydrogen (secondary N) is 1. The van der Waals surface area contributed by atoms with Gasteiger partial charge in [-0.05, 0) is 36.8 Å². The maximum atomic E-state index is 12.4. The van der Waals surface area contributed by atoms with Crippen molar-refractivity contribution in [2.75, 3.05) is 11.9 Å². The van der Waals surface area contributed by atoms with Crippen LogP contribution < -0.4 is 10.9 Å². The van der Waals surface area contributed by atoms with Crippen molar-refractivity contribution in [3.05, 3.63) is 69.2 Å². The predicted octanol–water partition coefficient (Wildman–Crippen LogP) is 3.01. The molecule has 0 saturated carbocycles. The second-order valence-electron chi connectivity index (χ2n) is 6.58. The fraction of sp³-hybridized carbons (Fsp3) is 0.238. The number of benzene rings is 2. The fourth-order valence-electron chi connectivity index (χ4n) is 2.83. The van der Waals surface area contributed by atoms with Gasteiger partial charge in [-0.25, -0.2) is 4.98 Å². The minimum absolute atomic E-state index is 0.00208. The maximum Gasteiger partial charge on any atom is 0.306 e. The molecule has 8 heteroatoms. The number of halogens is 1. The zero-order chi connectivity index (χ0) is 21.0. The number of amides is 1. The third-order valence-corrected chi connectivity index (χ3v) is 4.70. The van der Waals surface area contributed by atoms with Gasteiger partial charge in [0.05, 0.1) is 17.3 Å². The zero-order valence-electron chi connectivity index (χ0n) is 16.1. The molecule has 0 unspecified atom stereocenters. The average Bonchev–Trinajstić information content (AvgIpc) is 2.71. The standard InChI is InChI=1S/C21H20ClN3O4/c1-13-7-8-14(22)11-17(13)24-19(26)12-29-20(27)10-9-18-23-16-6-4-3-5-15(16)21(28)25(18)2/h3-8,11H,9-10,12H2,1-2H3,(H,24,26). The molecule has 150 valence electrons. The Bertz CT molecular complexity index is 1140. The predicted molar refractivity (Wildman–Crippen MR) is 111 cm³/mol. The van der Waals surface area contributed by atoms with E-state index >= 15 is 0 Å². The summed E-state index contributed by atoms with van der Waals surface area (Å²) in [7, 11) is 1.61. The lowest BCUT2D eigenvalue weighted by atomic mass is 10.2. The topological polar surface area (TPSA) is 90.3 Å². The van der Waals surface area contributed by atoms with Gasteiger partial charge in [0.25, 0.3) is 11.5 Å². The molecule has 0 saturated heterocycles. The van der Waals surface area contributed by atoms with Crippen molar-refractivity contribution >= 4 is 40.1 Å². The van der Waals surface area contributed by atoms with Gasteiger partial charge in [-0.1, -0.05) is 29.8 Å². The van der Waals surface area contributed by atoms with E-state index in [1.165, 1.54) is 4.57 Å². The molecule has 0 aliphatic rings. The van der Waals surface area contributed by atoms with Crippen LogP contribution in [0.2, 0.25) is 5.02 Å². The fourth-order valence-corrected chi connectivity index (χ4v) is 3.01. The van der Waals surface area contributed by atoms with E-state index in [0.717, 1.165) is 5.56 Å². The first-order valence-corrected chi connectivity index (χ1v) is 9.39. The van der Waals surface area contributed by atoms with E-state index in [9.17, 15) is 14.4 Å². The van der Waals surface area contributed by atoms with E-state index < -0.39 is 18.5 Å². The number of carbonyl (C=O) groups is 2. The second-order valence-corrected chi connectivity index (χ2v) is 7.01. The van der Waals surface area contributed by atoms with Crippen molar-refractivity contribution in [2.45, 2.75) is 19.8 Å². The number of para-hydroxylation sites is 1. The monoisotopic (exact) mass is 413 g/mol. The molecule has 0 aliphatic carbocycles. The first-order valence-electron chi connectivity index (χ1n) is 9.01. The maximum absolute atomic E-state index is 12.4. The van der Waals surface area contributed by atoms with Crippen LogP contribution in [0.4, 0.5) is 5.69 Å². The quantitative estimate of drug-likeness (QED) is 0.627. The van der Waals surface area contributed by atoms with Crippen molar-refractivity contribution in [3.63, 3.8) is 0 Å². The number of ether oxygens (including phenoxy) is 1. The summed E-state index contributed by atoms with van der Waals surface area (Å²) >= 11 is 5.92. The summed E-state index contributed by atoms with van der Waals surface area (Å²) in [5.41, 5.74) is 1.82. The zero-order valence-corrected chi connectivity index (χ0v) is 16.8. The van der Waals surface area contributed by atoms with Gasteiger partial charge in [0.15, 0.2) is 6.61 Å². The van der Waals surface area contributed by atoms with E-state index in [0.29, 0.717) is 27.4 Å². The van der Waals surface area contributed by atoms with Gasteiger partial charge in [-0.15, -0.1) is 0 Å². The first kappa shape index (κ1) is 20.5. The molecule has 1 aromatic heterocycles. The molecule has 1 amide bonds. The largest absolute Gasteiger partial charge is 0.456 e. The number of hydrogen-bond donors (Lipinski definition) is 1. The van der Waals surface area contributed by atoms with Gasteiger partial charge < -0.3 is 10.1 Å². The van der Waals surface area contributed by atoms with Crippen LogP contribution in [0, 0.1) is 6.92 Å². The van der Waals surface area contributed by atoms with Gasteiger partial charge in [0, 0.05) is 24.2 Å². The van der Waals surface area contributed by atoms with E-state index in [1.807, 2.05) is 6.92 Å². The molecule has 3 aromatic rings. The average molecular weight is 414 g/mol. The molecule has 1 heterocycles. The summed E-state index contributed by atoms with van der Waals surface area (Å²) in [5, 5.41) is 3.68. The van der Waals surface area contributed by atoms with Crippen molar-refractivity contribution in [1.82, 2.24) is 9.55 Å². The Kier molecular flexibility index (Phi) is 6.29. The lowest BCUT2D eigenvalue weighted by Gasteiger charge is -2.10.